The molecule has 2 saturated carbocycles. The fourth-order valence-electron chi connectivity index (χ4n) is 6.63. The van der Waals surface area contributed by atoms with Gasteiger partial charge in [0, 0.05) is 12.0 Å². The van der Waals surface area contributed by atoms with Crippen molar-refractivity contribution in [2.24, 2.45) is 17.3 Å². The quantitative estimate of drug-likeness (QED) is 0.352. The van der Waals surface area contributed by atoms with Crippen molar-refractivity contribution >= 4 is 5.97 Å². The number of carboxylic acids is 1. The molecule has 3 aliphatic rings. The molecule has 34 heavy (non-hydrogen) atoms. The normalized spacial score (nSPS) is 32.7. The minimum Gasteiger partial charge on any atom is -0.478 e. The smallest absolute Gasteiger partial charge is 0.327 e. The molecule has 5 atom stereocenters. The van der Waals surface area contributed by atoms with E-state index in [9.17, 15) is 9.90 Å². The number of hydrogen-bond donors (Lipinski definition) is 2. The van der Waals surface area contributed by atoms with Crippen LogP contribution in [-0.4, -0.2) is 22.3 Å². The highest BCUT2D eigenvalue weighted by molar-refractivity contribution is 5.79. The van der Waals surface area contributed by atoms with Crippen LogP contribution in [0.5, 0.6) is 0 Å². The average Bonchev–Trinajstić information content (AvgIpc) is 3.17. The van der Waals surface area contributed by atoms with Gasteiger partial charge in [0.1, 0.15) is 0 Å². The van der Waals surface area contributed by atoms with Gasteiger partial charge in [-0.15, -0.1) is 0 Å². The van der Waals surface area contributed by atoms with E-state index < -0.39 is 5.97 Å². The molecule has 0 aliphatic heterocycles. The molecule has 3 heteroatoms. The monoisotopic (exact) mass is 458 g/mol. The molecule has 2 N–H and O–H groups in total. The molecular weight excluding hydrogens is 420 g/mol. The van der Waals surface area contributed by atoms with Gasteiger partial charge in [-0.3, -0.25) is 0 Å². The molecule has 4 rings (SSSR count). The maximum Gasteiger partial charge on any atom is 0.327 e. The zero-order chi connectivity index (χ0) is 24.3. The topological polar surface area (TPSA) is 57.5 Å². The first-order valence-corrected chi connectivity index (χ1v) is 12.7. The largest absolute Gasteiger partial charge is 0.478 e. The van der Waals surface area contributed by atoms with Gasteiger partial charge < -0.3 is 10.2 Å². The van der Waals surface area contributed by atoms with Crippen LogP contribution in [0, 0.1) is 17.3 Å². The summed E-state index contributed by atoms with van der Waals surface area (Å²) in [5, 5.41) is 19.5. The lowest BCUT2D eigenvalue weighted by Gasteiger charge is -2.42. The van der Waals surface area contributed by atoms with E-state index in [0.29, 0.717) is 18.3 Å². The van der Waals surface area contributed by atoms with Crippen molar-refractivity contribution in [2.45, 2.75) is 70.8 Å². The Morgan fingerprint density at radius 3 is 2.76 bits per heavy atom. The second-order valence-corrected chi connectivity index (χ2v) is 10.6. The maximum absolute atomic E-state index is 10.8. The number of carboxylic acid groups (broad SMARTS) is 1. The highest BCUT2D eigenvalue weighted by Gasteiger charge is 2.45. The first-order valence-electron chi connectivity index (χ1n) is 12.7. The molecule has 1 aromatic carbocycles. The number of carbonyl (C=O) groups is 1. The Hall–Kier alpha value is -2.65. The third kappa shape index (κ3) is 5.05. The molecule has 3 nitrogen and oxygen atoms in total. The van der Waals surface area contributed by atoms with E-state index in [0.717, 1.165) is 31.3 Å². The molecular formula is C31H38O3. The van der Waals surface area contributed by atoms with E-state index in [1.807, 2.05) is 6.07 Å². The Kier molecular flexibility index (Phi) is 7.42. The molecule has 0 aromatic heterocycles. The van der Waals surface area contributed by atoms with Gasteiger partial charge in [-0.1, -0.05) is 86.2 Å². The minimum absolute atomic E-state index is 0.148. The molecule has 1 aromatic rings. The predicted octanol–water partition coefficient (Wildman–Crippen LogP) is 7.14. The Balaban J connectivity index is 1.52. The van der Waals surface area contributed by atoms with E-state index in [-0.39, 0.29) is 17.4 Å². The summed E-state index contributed by atoms with van der Waals surface area (Å²) in [4.78, 5) is 10.8. The van der Waals surface area contributed by atoms with Crippen LogP contribution in [-0.2, 0) is 4.79 Å². The SMILES string of the molecule is C=C1C(=CC=C2CCCC3(C)C(C(C)CC=CC(=O)O)=CCC23)CC(O)CC1c1ccccc1. The Bertz CT molecular complexity index is 1040. The van der Waals surface area contributed by atoms with Gasteiger partial charge in [0.2, 0.25) is 0 Å². The Morgan fingerprint density at radius 2 is 2.03 bits per heavy atom. The summed E-state index contributed by atoms with van der Waals surface area (Å²) < 4.78 is 0. The standard InChI is InChI=1S/C31H38O3/c1-21(9-7-13-30(33)34)28-16-17-29-24(12-8-18-31(28,29)3)14-15-25-19-26(32)20-27(22(25)2)23-10-5-4-6-11-23/h4-7,10-11,13-16,21,26-27,29,32H,2,8-9,12,17-20H2,1,3H3,(H,33,34). The third-order valence-electron chi connectivity index (χ3n) is 8.39. The van der Waals surface area contributed by atoms with E-state index in [1.165, 1.54) is 41.2 Å². The number of fused-ring (bicyclic) bond motifs is 1. The molecule has 0 radical (unpaired) electrons. The van der Waals surface area contributed by atoms with Gasteiger partial charge in [-0.05, 0) is 78.9 Å². The van der Waals surface area contributed by atoms with Gasteiger partial charge in [0.05, 0.1) is 6.10 Å². The summed E-state index contributed by atoms with van der Waals surface area (Å²) in [6.07, 6.45) is 16.4. The van der Waals surface area contributed by atoms with Crippen molar-refractivity contribution in [3.8, 4) is 0 Å². The van der Waals surface area contributed by atoms with Gasteiger partial charge in [0.25, 0.3) is 0 Å². The lowest BCUT2D eigenvalue weighted by atomic mass is 9.62. The zero-order valence-electron chi connectivity index (χ0n) is 20.5. The molecule has 0 bridgehead atoms. The average molecular weight is 459 g/mol. The third-order valence-corrected chi connectivity index (χ3v) is 8.39. The molecule has 0 spiro atoms. The molecule has 0 heterocycles. The number of aliphatic hydroxyl groups excluding tert-OH is 1. The van der Waals surface area contributed by atoms with Crippen molar-refractivity contribution in [3.05, 3.63) is 95.1 Å². The summed E-state index contributed by atoms with van der Waals surface area (Å²) in [6, 6.07) is 10.4. The van der Waals surface area contributed by atoms with E-state index in [4.69, 9.17) is 5.11 Å². The highest BCUT2D eigenvalue weighted by Crippen LogP contribution is 2.57. The molecule has 180 valence electrons. The van der Waals surface area contributed by atoms with Crippen LogP contribution >= 0.6 is 0 Å². The van der Waals surface area contributed by atoms with Gasteiger partial charge >= 0.3 is 5.97 Å². The fourth-order valence-corrected chi connectivity index (χ4v) is 6.63. The number of aliphatic hydroxyl groups is 1. The van der Waals surface area contributed by atoms with Crippen molar-refractivity contribution in [1.82, 2.24) is 0 Å². The first kappa shape index (κ1) is 24.5. The van der Waals surface area contributed by atoms with Crippen LogP contribution in [0.1, 0.15) is 70.3 Å². The summed E-state index contributed by atoms with van der Waals surface area (Å²) in [5.41, 5.74) is 6.68. The second-order valence-electron chi connectivity index (χ2n) is 10.6. The zero-order valence-corrected chi connectivity index (χ0v) is 20.5. The van der Waals surface area contributed by atoms with Crippen LogP contribution in [0.3, 0.4) is 0 Å². The number of aliphatic carboxylic acids is 1. The summed E-state index contributed by atoms with van der Waals surface area (Å²) in [5.74, 6) is 0.149. The first-order chi connectivity index (χ1) is 16.3. The molecule has 0 saturated heterocycles. The second kappa shape index (κ2) is 10.3. The maximum atomic E-state index is 10.8. The lowest BCUT2D eigenvalue weighted by molar-refractivity contribution is -0.131. The minimum atomic E-state index is -0.878. The van der Waals surface area contributed by atoms with E-state index >= 15 is 0 Å². The summed E-state index contributed by atoms with van der Waals surface area (Å²) in [7, 11) is 0. The summed E-state index contributed by atoms with van der Waals surface area (Å²) in [6.45, 7) is 9.07. The van der Waals surface area contributed by atoms with Gasteiger partial charge in [0.15, 0.2) is 0 Å². The van der Waals surface area contributed by atoms with Crippen LogP contribution < -0.4 is 0 Å². The van der Waals surface area contributed by atoms with Crippen molar-refractivity contribution in [1.29, 1.82) is 0 Å². The van der Waals surface area contributed by atoms with Crippen LogP contribution in [0.15, 0.2) is 89.6 Å². The molecule has 5 unspecified atom stereocenters. The molecule has 0 amide bonds. The Labute approximate surface area is 204 Å². The fraction of sp³-hybridized carbons (Fsp3) is 0.452. The number of allylic oxidation sites excluding steroid dienone is 7. The van der Waals surface area contributed by atoms with E-state index in [2.05, 4.69) is 62.9 Å². The van der Waals surface area contributed by atoms with Gasteiger partial charge in [-0.25, -0.2) is 4.79 Å². The molecule has 2 fully saturated rings. The van der Waals surface area contributed by atoms with Crippen molar-refractivity contribution < 1.29 is 15.0 Å². The number of hydrogen-bond acceptors (Lipinski definition) is 2. The number of benzene rings is 1. The summed E-state index contributed by atoms with van der Waals surface area (Å²) >= 11 is 0. The van der Waals surface area contributed by atoms with Crippen LogP contribution in [0.25, 0.3) is 0 Å². The predicted molar refractivity (Wildman–Crippen MR) is 138 cm³/mol. The Morgan fingerprint density at radius 1 is 1.26 bits per heavy atom. The lowest BCUT2D eigenvalue weighted by Crippen LogP contribution is -2.32. The van der Waals surface area contributed by atoms with Gasteiger partial charge in [-0.2, -0.15) is 0 Å². The molecule has 3 aliphatic carbocycles. The van der Waals surface area contributed by atoms with Crippen molar-refractivity contribution in [2.75, 3.05) is 0 Å². The van der Waals surface area contributed by atoms with Crippen molar-refractivity contribution in [3.63, 3.8) is 0 Å². The number of rotatable bonds is 6. The van der Waals surface area contributed by atoms with Crippen LogP contribution in [0.4, 0.5) is 0 Å². The highest BCUT2D eigenvalue weighted by atomic mass is 16.4. The van der Waals surface area contributed by atoms with Crippen LogP contribution in [0.2, 0.25) is 0 Å². The van der Waals surface area contributed by atoms with E-state index in [1.54, 1.807) is 6.08 Å².